The van der Waals surface area contributed by atoms with Crippen LogP contribution < -0.4 is 5.73 Å². The minimum atomic E-state index is -0.418. The molecule has 13 heavy (non-hydrogen) atoms. The predicted molar refractivity (Wildman–Crippen MR) is 55.4 cm³/mol. The third-order valence-electron chi connectivity index (χ3n) is 2.70. The highest BCUT2D eigenvalue weighted by Crippen LogP contribution is 2.20. The molecule has 0 spiro atoms. The first-order valence-corrected chi connectivity index (χ1v) is 5.34. The lowest BCUT2D eigenvalue weighted by Gasteiger charge is -2.20. The van der Waals surface area contributed by atoms with Crippen molar-refractivity contribution in [1.82, 2.24) is 0 Å². The van der Waals surface area contributed by atoms with Crippen LogP contribution in [0.3, 0.4) is 0 Å². The molecule has 0 bridgehead atoms. The molecule has 3 N–H and O–H groups in total. The Morgan fingerprint density at radius 3 is 2.69 bits per heavy atom. The highest BCUT2D eigenvalue weighted by Gasteiger charge is 2.15. The average molecular weight is 183 g/mol. The molecule has 0 aromatic rings. The van der Waals surface area contributed by atoms with E-state index in [4.69, 9.17) is 5.73 Å². The Balaban J connectivity index is 2.53. The van der Waals surface area contributed by atoms with Crippen molar-refractivity contribution in [2.24, 2.45) is 5.73 Å². The van der Waals surface area contributed by atoms with Crippen LogP contribution in [-0.2, 0) is 0 Å². The van der Waals surface area contributed by atoms with Crippen molar-refractivity contribution in [3.05, 3.63) is 11.6 Å². The van der Waals surface area contributed by atoms with Gasteiger partial charge in [-0.1, -0.05) is 18.9 Å². The molecular formula is C11H21NO. The fourth-order valence-corrected chi connectivity index (χ4v) is 1.82. The summed E-state index contributed by atoms with van der Waals surface area (Å²) in [5, 5.41) is 9.77. The van der Waals surface area contributed by atoms with Gasteiger partial charge in [0.2, 0.25) is 0 Å². The molecule has 0 saturated carbocycles. The SMILES string of the molecule is CC(N)C(O)/C1=C/CCCCCC1. The normalized spacial score (nSPS) is 28.1. The van der Waals surface area contributed by atoms with Crippen LogP contribution in [0, 0.1) is 0 Å². The molecule has 1 rings (SSSR count). The van der Waals surface area contributed by atoms with Crippen LogP contribution in [0.1, 0.15) is 45.4 Å². The fourth-order valence-electron chi connectivity index (χ4n) is 1.82. The number of rotatable bonds is 2. The Morgan fingerprint density at radius 2 is 2.00 bits per heavy atom. The van der Waals surface area contributed by atoms with E-state index in [9.17, 15) is 5.11 Å². The largest absolute Gasteiger partial charge is 0.387 e. The van der Waals surface area contributed by atoms with Gasteiger partial charge in [-0.3, -0.25) is 0 Å². The van der Waals surface area contributed by atoms with Crippen LogP contribution in [-0.4, -0.2) is 17.3 Å². The number of hydrogen-bond donors (Lipinski definition) is 2. The van der Waals surface area contributed by atoms with Gasteiger partial charge in [-0.05, 0) is 38.2 Å². The van der Waals surface area contributed by atoms with Crippen molar-refractivity contribution < 1.29 is 5.11 Å². The lowest BCUT2D eigenvalue weighted by Crippen LogP contribution is -2.33. The van der Waals surface area contributed by atoms with Gasteiger partial charge in [-0.2, -0.15) is 0 Å². The Morgan fingerprint density at radius 1 is 1.31 bits per heavy atom. The molecule has 2 heteroatoms. The highest BCUT2D eigenvalue weighted by molar-refractivity contribution is 5.10. The molecule has 0 saturated heterocycles. The zero-order chi connectivity index (χ0) is 9.68. The van der Waals surface area contributed by atoms with Crippen LogP contribution in [0.4, 0.5) is 0 Å². The van der Waals surface area contributed by atoms with E-state index in [0.29, 0.717) is 0 Å². The summed E-state index contributed by atoms with van der Waals surface area (Å²) in [6, 6.07) is -0.134. The van der Waals surface area contributed by atoms with E-state index in [1.807, 2.05) is 6.92 Å². The summed E-state index contributed by atoms with van der Waals surface area (Å²) in [5.41, 5.74) is 6.83. The number of hydrogen-bond acceptors (Lipinski definition) is 2. The predicted octanol–water partition coefficient (Wildman–Crippen LogP) is 1.98. The van der Waals surface area contributed by atoms with Gasteiger partial charge in [0.15, 0.2) is 0 Å². The quantitative estimate of drug-likeness (QED) is 0.643. The van der Waals surface area contributed by atoms with Gasteiger partial charge in [0.1, 0.15) is 0 Å². The zero-order valence-corrected chi connectivity index (χ0v) is 8.50. The molecule has 0 heterocycles. The van der Waals surface area contributed by atoms with Crippen LogP contribution in [0.2, 0.25) is 0 Å². The van der Waals surface area contributed by atoms with Gasteiger partial charge in [0.05, 0.1) is 6.10 Å². The van der Waals surface area contributed by atoms with Gasteiger partial charge in [-0.15, -0.1) is 0 Å². The molecule has 2 unspecified atom stereocenters. The third-order valence-corrected chi connectivity index (χ3v) is 2.70. The molecule has 0 aromatic carbocycles. The van der Waals surface area contributed by atoms with Crippen LogP contribution >= 0.6 is 0 Å². The first-order chi connectivity index (χ1) is 6.22. The molecule has 1 aliphatic rings. The maximum atomic E-state index is 9.77. The van der Waals surface area contributed by atoms with E-state index in [-0.39, 0.29) is 6.04 Å². The average Bonchev–Trinajstić information content (AvgIpc) is 2.02. The van der Waals surface area contributed by atoms with Gasteiger partial charge in [0.25, 0.3) is 0 Å². The molecule has 0 aliphatic heterocycles. The number of aliphatic hydroxyl groups is 1. The highest BCUT2D eigenvalue weighted by atomic mass is 16.3. The van der Waals surface area contributed by atoms with Gasteiger partial charge in [-0.25, -0.2) is 0 Å². The van der Waals surface area contributed by atoms with E-state index in [1.165, 1.54) is 25.7 Å². The summed E-state index contributed by atoms with van der Waals surface area (Å²) in [4.78, 5) is 0. The summed E-state index contributed by atoms with van der Waals surface area (Å²) in [6.07, 6.45) is 9.00. The summed E-state index contributed by atoms with van der Waals surface area (Å²) >= 11 is 0. The van der Waals surface area contributed by atoms with Gasteiger partial charge >= 0.3 is 0 Å². The number of allylic oxidation sites excluding steroid dienone is 1. The second kappa shape index (κ2) is 5.40. The second-order valence-electron chi connectivity index (χ2n) is 4.04. The molecular weight excluding hydrogens is 162 g/mol. The molecule has 0 amide bonds. The fraction of sp³-hybridized carbons (Fsp3) is 0.818. The minimum absolute atomic E-state index is 0.134. The van der Waals surface area contributed by atoms with E-state index in [0.717, 1.165) is 18.4 Å². The molecule has 2 nitrogen and oxygen atoms in total. The maximum absolute atomic E-state index is 9.77. The lowest BCUT2D eigenvalue weighted by atomic mass is 9.94. The summed E-state index contributed by atoms with van der Waals surface area (Å²) in [6.45, 7) is 1.87. The van der Waals surface area contributed by atoms with Crippen LogP contribution in [0.5, 0.6) is 0 Å². The Bertz CT molecular complexity index is 175. The monoisotopic (exact) mass is 183 g/mol. The number of nitrogens with two attached hydrogens (primary N) is 1. The van der Waals surface area contributed by atoms with Crippen molar-refractivity contribution in [2.45, 2.75) is 57.6 Å². The van der Waals surface area contributed by atoms with Crippen LogP contribution in [0.15, 0.2) is 11.6 Å². The minimum Gasteiger partial charge on any atom is -0.387 e. The molecule has 0 aromatic heterocycles. The molecule has 0 radical (unpaired) electrons. The third kappa shape index (κ3) is 3.49. The molecule has 76 valence electrons. The van der Waals surface area contributed by atoms with Crippen LogP contribution in [0.25, 0.3) is 0 Å². The Hall–Kier alpha value is -0.340. The van der Waals surface area contributed by atoms with E-state index < -0.39 is 6.10 Å². The summed E-state index contributed by atoms with van der Waals surface area (Å²) in [5.74, 6) is 0. The first-order valence-electron chi connectivity index (χ1n) is 5.34. The number of aliphatic hydroxyl groups excluding tert-OH is 1. The van der Waals surface area contributed by atoms with Crippen molar-refractivity contribution in [3.8, 4) is 0 Å². The van der Waals surface area contributed by atoms with Gasteiger partial charge < -0.3 is 10.8 Å². The lowest BCUT2D eigenvalue weighted by molar-refractivity contribution is 0.180. The molecule has 1 aliphatic carbocycles. The standard InChI is InChI=1S/C11H21NO/c1-9(12)11(13)10-7-5-3-2-4-6-8-10/h7,9,11,13H,2-6,8,12H2,1H3/b10-7+. The molecule has 2 atom stereocenters. The van der Waals surface area contributed by atoms with Crippen molar-refractivity contribution in [3.63, 3.8) is 0 Å². The van der Waals surface area contributed by atoms with Crippen molar-refractivity contribution >= 4 is 0 Å². The van der Waals surface area contributed by atoms with Gasteiger partial charge in [0, 0.05) is 6.04 Å². The Labute approximate surface area is 80.8 Å². The van der Waals surface area contributed by atoms with E-state index in [1.54, 1.807) is 0 Å². The molecule has 0 fully saturated rings. The van der Waals surface area contributed by atoms with E-state index in [2.05, 4.69) is 6.08 Å². The smallest absolute Gasteiger partial charge is 0.0898 e. The second-order valence-corrected chi connectivity index (χ2v) is 4.04. The Kier molecular flexibility index (Phi) is 4.46. The summed E-state index contributed by atoms with van der Waals surface area (Å²) in [7, 11) is 0. The maximum Gasteiger partial charge on any atom is 0.0898 e. The van der Waals surface area contributed by atoms with Crippen molar-refractivity contribution in [2.75, 3.05) is 0 Å². The first kappa shape index (κ1) is 10.7. The van der Waals surface area contributed by atoms with E-state index >= 15 is 0 Å². The zero-order valence-electron chi connectivity index (χ0n) is 8.50. The topological polar surface area (TPSA) is 46.2 Å². The van der Waals surface area contributed by atoms with Crippen molar-refractivity contribution in [1.29, 1.82) is 0 Å². The summed E-state index contributed by atoms with van der Waals surface area (Å²) < 4.78 is 0.